The molecule has 1 saturated carbocycles. The number of carboxylic acid groups (broad SMARTS) is 1. The third-order valence-corrected chi connectivity index (χ3v) is 4.06. The Hall–Kier alpha value is -1.76. The van der Waals surface area contributed by atoms with Crippen molar-refractivity contribution < 1.29 is 9.90 Å². The second-order valence-corrected chi connectivity index (χ2v) is 5.79. The van der Waals surface area contributed by atoms with Gasteiger partial charge in [-0.25, -0.2) is 4.79 Å². The molecule has 0 bridgehead atoms. The van der Waals surface area contributed by atoms with E-state index in [0.717, 1.165) is 12.8 Å². The minimum Gasteiger partial charge on any atom is -0.477 e. The van der Waals surface area contributed by atoms with Crippen molar-refractivity contribution >= 4 is 46.6 Å². The molecule has 3 rings (SSSR count). The Labute approximate surface area is 143 Å². The first-order chi connectivity index (χ1) is 10.5. The average molecular weight is 358 g/mol. The zero-order valence-corrected chi connectivity index (χ0v) is 13.8. The Bertz CT molecular complexity index is 816. The summed E-state index contributed by atoms with van der Waals surface area (Å²) in [5.41, 5.74) is 6.00. The molecule has 6 nitrogen and oxygen atoms in total. The van der Waals surface area contributed by atoms with E-state index in [1.54, 1.807) is 12.1 Å². The fourth-order valence-electron chi connectivity index (χ4n) is 2.52. The van der Waals surface area contributed by atoms with E-state index < -0.39 is 11.4 Å². The van der Waals surface area contributed by atoms with Gasteiger partial charge in [-0.2, -0.15) is 0 Å². The summed E-state index contributed by atoms with van der Waals surface area (Å²) >= 11 is 6.26. The summed E-state index contributed by atoms with van der Waals surface area (Å²) in [5.74, 6) is -1.22. The number of hydrogen-bond donors (Lipinski definition) is 3. The van der Waals surface area contributed by atoms with Gasteiger partial charge in [0.15, 0.2) is 0 Å². The van der Waals surface area contributed by atoms with Crippen LogP contribution >= 0.6 is 24.0 Å². The van der Waals surface area contributed by atoms with E-state index in [-0.39, 0.29) is 24.0 Å². The molecule has 0 aliphatic heterocycles. The molecule has 4 N–H and O–H groups in total. The topological polar surface area (TPSA) is 97.3 Å². The van der Waals surface area contributed by atoms with Crippen LogP contribution in [0.25, 0.3) is 10.9 Å². The largest absolute Gasteiger partial charge is 0.477 e. The monoisotopic (exact) mass is 357 g/mol. The fraction of sp³-hybridized carbons (Fsp3) is 0.333. The summed E-state index contributed by atoms with van der Waals surface area (Å²) in [4.78, 5) is 23.7. The van der Waals surface area contributed by atoms with Gasteiger partial charge in [0.25, 0.3) is 0 Å². The highest BCUT2D eigenvalue weighted by molar-refractivity contribution is 6.34. The lowest BCUT2D eigenvalue weighted by Crippen LogP contribution is -2.19. The molecule has 1 aromatic heterocycles. The molecule has 124 valence electrons. The first kappa shape index (κ1) is 17.6. The van der Waals surface area contributed by atoms with Crippen LogP contribution in [-0.4, -0.2) is 28.7 Å². The number of rotatable bonds is 5. The van der Waals surface area contributed by atoms with Crippen LogP contribution in [0.15, 0.2) is 23.1 Å². The van der Waals surface area contributed by atoms with Gasteiger partial charge in [-0.1, -0.05) is 11.6 Å². The molecular formula is C15H17Cl2N3O3. The minimum absolute atomic E-state index is 0. The third-order valence-electron chi connectivity index (χ3n) is 3.75. The van der Waals surface area contributed by atoms with Crippen LogP contribution in [0.5, 0.6) is 0 Å². The van der Waals surface area contributed by atoms with Gasteiger partial charge >= 0.3 is 5.97 Å². The molecule has 0 radical (unpaired) electrons. The van der Waals surface area contributed by atoms with Crippen LogP contribution in [0.1, 0.15) is 29.2 Å². The SMILES string of the molecule is Cl.NCCNc1cc2c(=O)c(C(=O)O)cn(C3CC3)c2cc1Cl. The van der Waals surface area contributed by atoms with Gasteiger partial charge in [-0.05, 0) is 25.0 Å². The number of aromatic nitrogens is 1. The Balaban J connectivity index is 0.00000192. The highest BCUT2D eigenvalue weighted by atomic mass is 35.5. The van der Waals surface area contributed by atoms with Crippen molar-refractivity contribution in [1.82, 2.24) is 4.57 Å². The van der Waals surface area contributed by atoms with E-state index >= 15 is 0 Å². The second kappa shape index (κ2) is 6.78. The zero-order valence-electron chi connectivity index (χ0n) is 12.2. The van der Waals surface area contributed by atoms with Crippen LogP contribution in [0.2, 0.25) is 5.02 Å². The lowest BCUT2D eigenvalue weighted by Gasteiger charge is -2.14. The van der Waals surface area contributed by atoms with Gasteiger partial charge < -0.3 is 20.7 Å². The normalized spacial score (nSPS) is 13.7. The minimum atomic E-state index is -1.22. The first-order valence-corrected chi connectivity index (χ1v) is 7.46. The van der Waals surface area contributed by atoms with Crippen molar-refractivity contribution in [2.75, 3.05) is 18.4 Å². The third kappa shape index (κ3) is 3.29. The molecule has 0 unspecified atom stereocenters. The van der Waals surface area contributed by atoms with E-state index in [4.69, 9.17) is 17.3 Å². The zero-order chi connectivity index (χ0) is 15.9. The molecule has 2 aromatic rings. The van der Waals surface area contributed by atoms with Crippen LogP contribution in [0.4, 0.5) is 5.69 Å². The number of nitrogens with zero attached hydrogens (tertiary/aromatic N) is 1. The molecule has 1 fully saturated rings. The summed E-state index contributed by atoms with van der Waals surface area (Å²) in [7, 11) is 0. The summed E-state index contributed by atoms with van der Waals surface area (Å²) in [6.07, 6.45) is 3.37. The fourth-order valence-corrected chi connectivity index (χ4v) is 2.74. The Kier molecular flexibility index (Phi) is 5.19. The molecule has 1 aliphatic rings. The maximum absolute atomic E-state index is 12.4. The summed E-state index contributed by atoms with van der Waals surface area (Å²) < 4.78 is 1.85. The second-order valence-electron chi connectivity index (χ2n) is 5.38. The number of anilines is 1. The Morgan fingerprint density at radius 3 is 2.70 bits per heavy atom. The van der Waals surface area contributed by atoms with Gasteiger partial charge in [0.1, 0.15) is 5.56 Å². The number of benzene rings is 1. The van der Waals surface area contributed by atoms with Gasteiger partial charge in [-0.3, -0.25) is 4.79 Å². The van der Waals surface area contributed by atoms with E-state index in [2.05, 4.69) is 5.32 Å². The smallest absolute Gasteiger partial charge is 0.341 e. The number of nitrogens with two attached hydrogens (primary N) is 1. The molecule has 8 heteroatoms. The molecule has 0 saturated heterocycles. The standard InChI is InChI=1S/C15H16ClN3O3.ClH/c16-11-6-13-9(5-12(11)18-4-3-17)14(20)10(15(21)22)7-19(13)8-1-2-8;/h5-8,18H,1-4,17H2,(H,21,22);1H. The quantitative estimate of drug-likeness (QED) is 0.763. The molecular weight excluding hydrogens is 341 g/mol. The number of aromatic carboxylic acids is 1. The highest BCUT2D eigenvalue weighted by Gasteiger charge is 2.27. The van der Waals surface area contributed by atoms with Crippen LogP contribution in [0.3, 0.4) is 0 Å². The molecule has 1 aromatic carbocycles. The first-order valence-electron chi connectivity index (χ1n) is 7.08. The number of carbonyl (C=O) groups is 1. The van der Waals surface area contributed by atoms with E-state index in [1.807, 2.05) is 4.57 Å². The molecule has 1 aliphatic carbocycles. The number of hydrogen-bond acceptors (Lipinski definition) is 4. The maximum atomic E-state index is 12.4. The predicted octanol–water partition coefficient (Wildman–Crippen LogP) is 2.48. The van der Waals surface area contributed by atoms with Gasteiger partial charge in [-0.15, -0.1) is 12.4 Å². The van der Waals surface area contributed by atoms with Crippen molar-refractivity contribution in [3.05, 3.63) is 39.1 Å². The number of nitrogens with one attached hydrogen (secondary N) is 1. The van der Waals surface area contributed by atoms with Gasteiger partial charge in [0.05, 0.1) is 16.2 Å². The maximum Gasteiger partial charge on any atom is 0.341 e. The predicted molar refractivity (Wildman–Crippen MR) is 93.2 cm³/mol. The molecule has 0 amide bonds. The van der Waals surface area contributed by atoms with Crippen LogP contribution < -0.4 is 16.5 Å². The van der Waals surface area contributed by atoms with E-state index in [1.165, 1.54) is 6.20 Å². The molecule has 1 heterocycles. The summed E-state index contributed by atoms with van der Waals surface area (Å²) in [6.45, 7) is 0.941. The van der Waals surface area contributed by atoms with E-state index in [9.17, 15) is 14.7 Å². The highest BCUT2D eigenvalue weighted by Crippen LogP contribution is 2.38. The van der Waals surface area contributed by atoms with Gasteiger partial charge in [0, 0.05) is 30.7 Å². The number of carboxylic acids is 1. The molecule has 0 atom stereocenters. The van der Waals surface area contributed by atoms with Crippen molar-refractivity contribution in [2.45, 2.75) is 18.9 Å². The number of pyridine rings is 1. The Morgan fingerprint density at radius 1 is 1.43 bits per heavy atom. The van der Waals surface area contributed by atoms with Crippen LogP contribution in [-0.2, 0) is 0 Å². The molecule has 0 spiro atoms. The average Bonchev–Trinajstić information content (AvgIpc) is 3.30. The van der Waals surface area contributed by atoms with Crippen molar-refractivity contribution in [3.8, 4) is 0 Å². The lowest BCUT2D eigenvalue weighted by atomic mass is 10.1. The van der Waals surface area contributed by atoms with Gasteiger partial charge in [0.2, 0.25) is 5.43 Å². The lowest BCUT2D eigenvalue weighted by molar-refractivity contribution is 0.0695. The number of halogens is 2. The van der Waals surface area contributed by atoms with Crippen molar-refractivity contribution in [2.24, 2.45) is 5.73 Å². The molecule has 23 heavy (non-hydrogen) atoms. The summed E-state index contributed by atoms with van der Waals surface area (Å²) in [6, 6.07) is 3.56. The van der Waals surface area contributed by atoms with Crippen molar-refractivity contribution in [1.29, 1.82) is 0 Å². The van der Waals surface area contributed by atoms with Crippen LogP contribution in [0, 0.1) is 0 Å². The van der Waals surface area contributed by atoms with E-state index in [0.29, 0.717) is 34.7 Å². The van der Waals surface area contributed by atoms with Crippen molar-refractivity contribution in [3.63, 3.8) is 0 Å². The Morgan fingerprint density at radius 2 is 2.13 bits per heavy atom. The summed E-state index contributed by atoms with van der Waals surface area (Å²) in [5, 5.41) is 13.1. The number of fused-ring (bicyclic) bond motifs is 1.